The first-order valence-corrected chi connectivity index (χ1v) is 8.66. The molecule has 2 N–H and O–H groups in total. The summed E-state index contributed by atoms with van der Waals surface area (Å²) in [4.78, 5) is 16.9. The first-order valence-electron chi connectivity index (χ1n) is 7.78. The molecule has 1 atom stereocenters. The van der Waals surface area contributed by atoms with Gasteiger partial charge in [-0.3, -0.25) is 9.89 Å². The first kappa shape index (κ1) is 15.6. The molecule has 0 saturated carbocycles. The molecule has 0 spiro atoms. The number of anilines is 1. The Labute approximate surface area is 148 Å². The number of aromatic amines is 1. The lowest BCUT2D eigenvalue weighted by Crippen LogP contribution is -2.32. The van der Waals surface area contributed by atoms with Crippen LogP contribution in [0.25, 0.3) is 10.7 Å². The number of carbonyl (C=O) groups excluding carboxylic acids is 1. The third-order valence-corrected chi connectivity index (χ3v) is 4.88. The molecule has 1 amide bonds. The van der Waals surface area contributed by atoms with E-state index in [2.05, 4.69) is 20.5 Å². The van der Waals surface area contributed by atoms with E-state index in [1.54, 1.807) is 19.5 Å². The molecule has 8 heteroatoms. The number of thiazole rings is 1. The summed E-state index contributed by atoms with van der Waals surface area (Å²) in [5.74, 6) is 1.17. The Morgan fingerprint density at radius 2 is 2.40 bits per heavy atom. The van der Waals surface area contributed by atoms with Crippen LogP contribution in [0.4, 0.5) is 5.69 Å². The van der Waals surface area contributed by atoms with Gasteiger partial charge in [0.25, 0.3) is 0 Å². The maximum atomic E-state index is 12.7. The van der Waals surface area contributed by atoms with Crippen LogP contribution in [0, 0.1) is 5.92 Å². The van der Waals surface area contributed by atoms with Crippen LogP contribution in [0.5, 0.6) is 11.5 Å². The van der Waals surface area contributed by atoms with Crippen LogP contribution < -0.4 is 14.8 Å². The lowest BCUT2D eigenvalue weighted by atomic mass is 9.95. The van der Waals surface area contributed by atoms with Crippen molar-refractivity contribution in [1.29, 1.82) is 0 Å². The maximum absolute atomic E-state index is 12.7. The maximum Gasteiger partial charge on any atom is 0.231 e. The number of carbonyl (C=O) groups is 1. The van der Waals surface area contributed by atoms with Crippen LogP contribution in [-0.2, 0) is 11.2 Å². The molecule has 25 heavy (non-hydrogen) atoms. The molecule has 3 heterocycles. The minimum Gasteiger partial charge on any atom is -0.497 e. The molecule has 7 nitrogen and oxygen atoms in total. The molecule has 128 valence electrons. The SMILES string of the molecule is COc1ccc2c(c1)CC(C(=O)Nc1cn[nH]c1-c1nccs1)CO2. The number of hydrogen-bond donors (Lipinski definition) is 2. The molecule has 0 aliphatic carbocycles. The summed E-state index contributed by atoms with van der Waals surface area (Å²) in [5, 5.41) is 12.5. The molecule has 0 bridgehead atoms. The van der Waals surface area contributed by atoms with Gasteiger partial charge in [-0.05, 0) is 30.2 Å². The van der Waals surface area contributed by atoms with Crippen LogP contribution in [-0.4, -0.2) is 34.8 Å². The van der Waals surface area contributed by atoms with Crippen LogP contribution in [0.1, 0.15) is 5.56 Å². The lowest BCUT2D eigenvalue weighted by molar-refractivity contribution is -0.121. The molecule has 3 aromatic rings. The van der Waals surface area contributed by atoms with Crippen LogP contribution >= 0.6 is 11.3 Å². The van der Waals surface area contributed by atoms with Gasteiger partial charge >= 0.3 is 0 Å². The second kappa shape index (κ2) is 6.56. The summed E-state index contributed by atoms with van der Waals surface area (Å²) in [6.45, 7) is 0.343. The molecule has 1 aliphatic heterocycles. The van der Waals surface area contributed by atoms with Gasteiger partial charge in [-0.15, -0.1) is 11.3 Å². The van der Waals surface area contributed by atoms with Crippen molar-refractivity contribution in [2.45, 2.75) is 6.42 Å². The number of amides is 1. The van der Waals surface area contributed by atoms with Crippen LogP contribution in [0.2, 0.25) is 0 Å². The highest BCUT2D eigenvalue weighted by Crippen LogP contribution is 2.32. The first-order chi connectivity index (χ1) is 12.2. The fraction of sp³-hybridized carbons (Fsp3) is 0.235. The van der Waals surface area contributed by atoms with Gasteiger partial charge in [0.05, 0.1) is 24.9 Å². The quantitative estimate of drug-likeness (QED) is 0.750. The smallest absolute Gasteiger partial charge is 0.231 e. The zero-order valence-electron chi connectivity index (χ0n) is 13.5. The Kier molecular flexibility index (Phi) is 4.10. The van der Waals surface area contributed by atoms with Gasteiger partial charge < -0.3 is 14.8 Å². The fourth-order valence-electron chi connectivity index (χ4n) is 2.79. The number of aromatic nitrogens is 3. The number of benzene rings is 1. The van der Waals surface area contributed by atoms with Crippen molar-refractivity contribution >= 4 is 22.9 Å². The van der Waals surface area contributed by atoms with Gasteiger partial charge in [0.1, 0.15) is 28.8 Å². The van der Waals surface area contributed by atoms with E-state index in [0.29, 0.717) is 24.4 Å². The zero-order chi connectivity index (χ0) is 17.2. The number of nitrogens with zero attached hydrogens (tertiary/aromatic N) is 2. The second-order valence-corrected chi connectivity index (χ2v) is 6.57. The van der Waals surface area contributed by atoms with E-state index in [4.69, 9.17) is 9.47 Å². The normalized spacial score (nSPS) is 16.0. The Balaban J connectivity index is 1.50. The monoisotopic (exact) mass is 356 g/mol. The lowest BCUT2D eigenvalue weighted by Gasteiger charge is -2.24. The number of hydrogen-bond acceptors (Lipinski definition) is 6. The Morgan fingerprint density at radius 1 is 1.48 bits per heavy atom. The molecule has 1 aliphatic rings. The summed E-state index contributed by atoms with van der Waals surface area (Å²) in [6.07, 6.45) is 3.91. The predicted octanol–water partition coefficient (Wildman–Crippen LogP) is 2.73. The molecular weight excluding hydrogens is 340 g/mol. The topological polar surface area (TPSA) is 89.1 Å². The Morgan fingerprint density at radius 3 is 3.20 bits per heavy atom. The highest BCUT2D eigenvalue weighted by atomic mass is 32.1. The van der Waals surface area contributed by atoms with Crippen molar-refractivity contribution in [3.8, 4) is 22.2 Å². The molecule has 4 rings (SSSR count). The molecule has 1 unspecified atom stereocenters. The number of fused-ring (bicyclic) bond motifs is 1. The second-order valence-electron chi connectivity index (χ2n) is 5.67. The minimum atomic E-state index is -0.279. The van der Waals surface area contributed by atoms with Gasteiger partial charge in [-0.2, -0.15) is 5.10 Å². The molecule has 2 aromatic heterocycles. The predicted molar refractivity (Wildman–Crippen MR) is 94.0 cm³/mol. The average molecular weight is 356 g/mol. The summed E-state index contributed by atoms with van der Waals surface area (Å²) in [5.41, 5.74) is 2.30. The number of H-pyrrole nitrogens is 1. The van der Waals surface area contributed by atoms with Crippen molar-refractivity contribution in [1.82, 2.24) is 15.2 Å². The van der Waals surface area contributed by atoms with Gasteiger partial charge in [-0.1, -0.05) is 0 Å². The fourth-order valence-corrected chi connectivity index (χ4v) is 3.44. The van der Waals surface area contributed by atoms with E-state index >= 15 is 0 Å². The number of rotatable bonds is 4. The van der Waals surface area contributed by atoms with E-state index in [-0.39, 0.29) is 11.8 Å². The molecule has 1 aromatic carbocycles. The number of nitrogens with one attached hydrogen (secondary N) is 2. The molecule has 0 radical (unpaired) electrons. The van der Waals surface area contributed by atoms with E-state index in [1.807, 2.05) is 23.6 Å². The van der Waals surface area contributed by atoms with Gasteiger partial charge in [0, 0.05) is 11.6 Å². The van der Waals surface area contributed by atoms with E-state index in [9.17, 15) is 4.79 Å². The summed E-state index contributed by atoms with van der Waals surface area (Å²) >= 11 is 1.48. The third kappa shape index (κ3) is 3.08. The van der Waals surface area contributed by atoms with Crippen molar-refractivity contribution in [2.24, 2.45) is 5.92 Å². The zero-order valence-corrected chi connectivity index (χ0v) is 14.3. The van der Waals surface area contributed by atoms with Crippen LogP contribution in [0.3, 0.4) is 0 Å². The number of ether oxygens (including phenoxy) is 2. The summed E-state index contributed by atoms with van der Waals surface area (Å²) in [6, 6.07) is 5.64. The van der Waals surface area contributed by atoms with Crippen LogP contribution in [0.15, 0.2) is 36.0 Å². The Hall–Kier alpha value is -2.87. The van der Waals surface area contributed by atoms with Crippen molar-refractivity contribution in [3.05, 3.63) is 41.5 Å². The summed E-state index contributed by atoms with van der Waals surface area (Å²) in [7, 11) is 1.62. The van der Waals surface area contributed by atoms with Gasteiger partial charge in [0.2, 0.25) is 5.91 Å². The van der Waals surface area contributed by atoms with Gasteiger partial charge in [0.15, 0.2) is 0 Å². The van der Waals surface area contributed by atoms with Crippen molar-refractivity contribution in [2.75, 3.05) is 19.0 Å². The minimum absolute atomic E-state index is 0.104. The molecule has 0 fully saturated rings. The molecule has 0 saturated heterocycles. The summed E-state index contributed by atoms with van der Waals surface area (Å²) < 4.78 is 11.0. The highest BCUT2D eigenvalue weighted by molar-refractivity contribution is 7.13. The Bertz CT molecular complexity index is 891. The average Bonchev–Trinajstić information content (AvgIpc) is 3.32. The highest BCUT2D eigenvalue weighted by Gasteiger charge is 2.27. The van der Waals surface area contributed by atoms with Crippen molar-refractivity contribution < 1.29 is 14.3 Å². The van der Waals surface area contributed by atoms with E-state index < -0.39 is 0 Å². The van der Waals surface area contributed by atoms with Crippen molar-refractivity contribution in [3.63, 3.8) is 0 Å². The van der Waals surface area contributed by atoms with E-state index in [1.165, 1.54) is 11.3 Å². The third-order valence-electron chi connectivity index (χ3n) is 4.09. The van der Waals surface area contributed by atoms with Gasteiger partial charge in [-0.25, -0.2) is 4.98 Å². The number of methoxy groups -OCH3 is 1. The van der Waals surface area contributed by atoms with E-state index in [0.717, 1.165) is 22.1 Å². The largest absolute Gasteiger partial charge is 0.497 e. The standard InChI is InChI=1S/C17H16N4O3S/c1-23-12-2-3-14-10(7-12)6-11(9-24-14)16(22)20-13-8-19-21-15(13)17-18-4-5-25-17/h2-5,7-8,11H,6,9H2,1H3,(H,19,21)(H,20,22). The molecular formula is C17H16N4O3S.